The van der Waals surface area contributed by atoms with Crippen LogP contribution >= 0.6 is 0 Å². The maximum absolute atomic E-state index is 11.4. The monoisotopic (exact) mass is 319 g/mol. The number of benzene rings is 1. The van der Waals surface area contributed by atoms with Crippen LogP contribution in [-0.4, -0.2) is 43.0 Å². The summed E-state index contributed by atoms with van der Waals surface area (Å²) < 4.78 is 28.5. The normalized spacial score (nSPS) is 17.2. The fourth-order valence-electron chi connectivity index (χ4n) is 2.20. The zero-order valence-corrected chi connectivity index (χ0v) is 12.9. The topological polar surface area (TPSA) is 72.4 Å². The number of hydrogen-bond donors (Lipinski definition) is 0. The highest BCUT2D eigenvalue weighted by atomic mass is 32.2. The molecule has 0 radical (unpaired) electrons. The van der Waals surface area contributed by atoms with Crippen molar-refractivity contribution in [1.29, 1.82) is 0 Å². The summed E-state index contributed by atoms with van der Waals surface area (Å²) >= 11 is 0. The van der Waals surface area contributed by atoms with Crippen LogP contribution in [0.15, 0.2) is 42.7 Å². The molecular weight excluding hydrogens is 302 g/mol. The molecule has 0 spiro atoms. The van der Waals surface area contributed by atoms with Gasteiger partial charge in [-0.1, -0.05) is 30.3 Å². The van der Waals surface area contributed by atoms with Gasteiger partial charge in [-0.05, 0) is 5.56 Å². The maximum atomic E-state index is 11.4. The Balaban J connectivity index is 1.59. The molecule has 0 unspecified atom stereocenters. The number of nitrogens with zero attached hydrogens (tertiary/aromatic N) is 3. The van der Waals surface area contributed by atoms with Gasteiger partial charge in [-0.25, -0.2) is 18.4 Å². The second-order valence-corrected chi connectivity index (χ2v) is 7.44. The molecular formula is C15H17N3O3S. The minimum atomic E-state index is -2.89. The van der Waals surface area contributed by atoms with E-state index < -0.39 is 9.84 Å². The molecule has 1 aromatic heterocycles. The van der Waals surface area contributed by atoms with E-state index in [1.165, 1.54) is 0 Å². The van der Waals surface area contributed by atoms with Gasteiger partial charge >= 0.3 is 0 Å². The Morgan fingerprint density at radius 2 is 1.68 bits per heavy atom. The number of aromatic nitrogens is 2. The van der Waals surface area contributed by atoms with Gasteiger partial charge in [0.25, 0.3) is 0 Å². The van der Waals surface area contributed by atoms with E-state index in [-0.39, 0.29) is 11.5 Å². The Hall–Kier alpha value is -2.15. The largest absolute Gasteiger partial charge is 0.486 e. The molecule has 0 bridgehead atoms. The minimum absolute atomic E-state index is 0.155. The molecule has 3 rings (SSSR count). The molecule has 2 heterocycles. The van der Waals surface area contributed by atoms with Crippen molar-refractivity contribution < 1.29 is 13.2 Å². The summed E-state index contributed by atoms with van der Waals surface area (Å²) in [7, 11) is -2.89. The van der Waals surface area contributed by atoms with E-state index in [9.17, 15) is 8.42 Å². The van der Waals surface area contributed by atoms with Crippen LogP contribution in [0.4, 0.5) is 5.95 Å². The van der Waals surface area contributed by atoms with Gasteiger partial charge in [-0.15, -0.1) is 0 Å². The highest BCUT2D eigenvalue weighted by Gasteiger charge is 2.23. The Bertz CT molecular complexity index is 703. The van der Waals surface area contributed by atoms with Gasteiger partial charge in [0.15, 0.2) is 15.6 Å². The number of rotatable bonds is 4. The third-order valence-corrected chi connectivity index (χ3v) is 5.10. The molecule has 116 valence electrons. The van der Waals surface area contributed by atoms with E-state index >= 15 is 0 Å². The molecule has 1 aromatic carbocycles. The molecule has 0 amide bonds. The fraction of sp³-hybridized carbons (Fsp3) is 0.333. The molecule has 1 saturated heterocycles. The van der Waals surface area contributed by atoms with Crippen LogP contribution in [0.5, 0.6) is 5.75 Å². The summed E-state index contributed by atoms with van der Waals surface area (Å²) in [5, 5.41) is 0. The minimum Gasteiger partial charge on any atom is -0.486 e. The molecule has 0 aliphatic carbocycles. The molecule has 0 atom stereocenters. The first-order valence-corrected chi connectivity index (χ1v) is 8.89. The first-order chi connectivity index (χ1) is 10.6. The average Bonchev–Trinajstić information content (AvgIpc) is 2.55. The zero-order chi connectivity index (χ0) is 15.4. The first-order valence-electron chi connectivity index (χ1n) is 7.06. The molecule has 7 heteroatoms. The van der Waals surface area contributed by atoms with Crippen molar-refractivity contribution in [1.82, 2.24) is 9.97 Å². The number of anilines is 1. The molecule has 0 saturated carbocycles. The van der Waals surface area contributed by atoms with Crippen molar-refractivity contribution in [2.75, 3.05) is 29.5 Å². The summed E-state index contributed by atoms with van der Waals surface area (Å²) in [4.78, 5) is 10.4. The van der Waals surface area contributed by atoms with Crippen molar-refractivity contribution in [2.45, 2.75) is 6.61 Å². The lowest BCUT2D eigenvalue weighted by Crippen LogP contribution is -2.41. The molecule has 6 nitrogen and oxygen atoms in total. The van der Waals surface area contributed by atoms with Crippen LogP contribution in [0, 0.1) is 0 Å². The summed E-state index contributed by atoms with van der Waals surface area (Å²) in [6, 6.07) is 9.86. The summed E-state index contributed by atoms with van der Waals surface area (Å²) in [6.07, 6.45) is 3.24. The van der Waals surface area contributed by atoms with Crippen molar-refractivity contribution in [3.63, 3.8) is 0 Å². The predicted octanol–water partition coefficient (Wildman–Crippen LogP) is 1.29. The Labute approximate surface area is 129 Å². The van der Waals surface area contributed by atoms with Crippen LogP contribution in [0.1, 0.15) is 5.56 Å². The smallest absolute Gasteiger partial charge is 0.225 e. The van der Waals surface area contributed by atoms with E-state index in [0.29, 0.717) is 31.4 Å². The van der Waals surface area contributed by atoms with Gasteiger partial charge in [0.05, 0.1) is 23.9 Å². The highest BCUT2D eigenvalue weighted by molar-refractivity contribution is 7.91. The zero-order valence-electron chi connectivity index (χ0n) is 12.1. The van der Waals surface area contributed by atoms with Gasteiger partial charge in [0.2, 0.25) is 5.95 Å². The van der Waals surface area contributed by atoms with E-state index in [2.05, 4.69) is 9.97 Å². The number of sulfone groups is 1. The lowest BCUT2D eigenvalue weighted by Gasteiger charge is -2.26. The van der Waals surface area contributed by atoms with E-state index in [1.54, 1.807) is 12.4 Å². The van der Waals surface area contributed by atoms with Crippen LogP contribution in [-0.2, 0) is 16.4 Å². The Kier molecular flexibility index (Phi) is 4.24. The first kappa shape index (κ1) is 14.8. The summed E-state index contributed by atoms with van der Waals surface area (Å²) in [6.45, 7) is 1.34. The van der Waals surface area contributed by atoms with E-state index in [4.69, 9.17) is 4.74 Å². The molecule has 0 N–H and O–H groups in total. The molecule has 2 aromatic rings. The van der Waals surface area contributed by atoms with E-state index in [0.717, 1.165) is 5.56 Å². The summed E-state index contributed by atoms with van der Waals surface area (Å²) in [5.74, 6) is 1.45. The van der Waals surface area contributed by atoms with Crippen LogP contribution in [0.3, 0.4) is 0 Å². The van der Waals surface area contributed by atoms with Gasteiger partial charge in [-0.2, -0.15) is 0 Å². The third kappa shape index (κ3) is 3.73. The lowest BCUT2D eigenvalue weighted by atomic mass is 10.2. The fourth-order valence-corrected chi connectivity index (χ4v) is 3.40. The SMILES string of the molecule is O=S1(=O)CCN(c2ncc(OCc3ccccc3)cn2)CC1. The lowest BCUT2D eigenvalue weighted by molar-refractivity contribution is 0.303. The highest BCUT2D eigenvalue weighted by Crippen LogP contribution is 2.15. The quantitative estimate of drug-likeness (QED) is 0.845. The van der Waals surface area contributed by atoms with Crippen LogP contribution < -0.4 is 9.64 Å². The predicted molar refractivity (Wildman–Crippen MR) is 83.7 cm³/mol. The van der Waals surface area contributed by atoms with Crippen molar-refractivity contribution in [3.05, 3.63) is 48.3 Å². The Morgan fingerprint density at radius 1 is 1.05 bits per heavy atom. The van der Waals surface area contributed by atoms with Gasteiger partial charge < -0.3 is 9.64 Å². The Morgan fingerprint density at radius 3 is 2.32 bits per heavy atom. The maximum Gasteiger partial charge on any atom is 0.225 e. The third-order valence-electron chi connectivity index (χ3n) is 3.49. The summed E-state index contributed by atoms with van der Waals surface area (Å²) in [5.41, 5.74) is 1.08. The average molecular weight is 319 g/mol. The standard InChI is InChI=1S/C15H17N3O3S/c19-22(20)8-6-18(7-9-22)15-16-10-14(11-17-15)21-12-13-4-2-1-3-5-13/h1-5,10-11H,6-9,12H2. The van der Waals surface area contributed by atoms with Crippen LogP contribution in [0.25, 0.3) is 0 Å². The van der Waals surface area contributed by atoms with Gasteiger partial charge in [0.1, 0.15) is 6.61 Å². The van der Waals surface area contributed by atoms with Crippen molar-refractivity contribution in [3.8, 4) is 5.75 Å². The number of hydrogen-bond acceptors (Lipinski definition) is 6. The van der Waals surface area contributed by atoms with E-state index in [1.807, 2.05) is 35.2 Å². The molecule has 1 aliphatic heterocycles. The second-order valence-electron chi connectivity index (χ2n) is 5.13. The van der Waals surface area contributed by atoms with Crippen molar-refractivity contribution >= 4 is 15.8 Å². The van der Waals surface area contributed by atoms with Crippen LogP contribution in [0.2, 0.25) is 0 Å². The number of ether oxygens (including phenoxy) is 1. The van der Waals surface area contributed by atoms with Gasteiger partial charge in [0, 0.05) is 13.1 Å². The second kappa shape index (κ2) is 6.31. The molecule has 22 heavy (non-hydrogen) atoms. The van der Waals surface area contributed by atoms with Gasteiger partial charge in [-0.3, -0.25) is 0 Å². The molecule has 1 aliphatic rings. The molecule has 1 fully saturated rings. The van der Waals surface area contributed by atoms with Crippen molar-refractivity contribution in [2.24, 2.45) is 0 Å².